The zero-order valence-electron chi connectivity index (χ0n) is 14.9. The summed E-state index contributed by atoms with van der Waals surface area (Å²) in [4.78, 5) is 12.8. The second kappa shape index (κ2) is 8.28. The van der Waals surface area contributed by atoms with Gasteiger partial charge in [-0.25, -0.2) is 9.18 Å². The molecule has 5 nitrogen and oxygen atoms in total. The molecule has 0 radical (unpaired) electrons. The van der Waals surface area contributed by atoms with E-state index in [4.69, 9.17) is 15.2 Å². The third kappa shape index (κ3) is 3.64. The van der Waals surface area contributed by atoms with Gasteiger partial charge in [-0.15, -0.1) is 0 Å². The van der Waals surface area contributed by atoms with Crippen LogP contribution < -0.4 is 5.73 Å². The van der Waals surface area contributed by atoms with Crippen LogP contribution in [0.25, 0.3) is 5.76 Å². The van der Waals surface area contributed by atoms with Gasteiger partial charge in [-0.2, -0.15) is 5.26 Å². The molecule has 0 aliphatic carbocycles. The standard InChI is InChI=1S/C21H16BrFN2O3/c1-2-27-21(26)18-17(14-9-8-13(22)10-16(14)23)15(11-24)20(25)28-19(18)12-6-4-3-5-7-12/h3-10,17H,2,25H2,1H3/t17-/m1/s1. The lowest BCUT2D eigenvalue weighted by molar-refractivity contribution is -0.138. The molecule has 1 aliphatic rings. The minimum absolute atomic E-state index is 0.0278. The largest absolute Gasteiger partial charge is 0.463 e. The van der Waals surface area contributed by atoms with Gasteiger partial charge in [-0.05, 0) is 19.1 Å². The van der Waals surface area contributed by atoms with E-state index < -0.39 is 17.7 Å². The fraction of sp³-hybridized carbons (Fsp3) is 0.143. The Balaban J connectivity index is 2.31. The van der Waals surface area contributed by atoms with E-state index in [9.17, 15) is 14.4 Å². The van der Waals surface area contributed by atoms with E-state index >= 15 is 0 Å². The maximum atomic E-state index is 14.8. The predicted octanol–water partition coefficient (Wildman–Crippen LogP) is 4.37. The molecule has 0 fully saturated rings. The Hall–Kier alpha value is -3.11. The van der Waals surface area contributed by atoms with Crippen LogP contribution in [0.5, 0.6) is 0 Å². The molecule has 0 saturated heterocycles. The average molecular weight is 443 g/mol. The number of nitrogens with two attached hydrogens (primary N) is 1. The number of halogens is 2. The second-order valence-electron chi connectivity index (χ2n) is 5.92. The Morgan fingerprint density at radius 2 is 2.04 bits per heavy atom. The first kappa shape index (κ1) is 19.6. The fourth-order valence-corrected chi connectivity index (χ4v) is 3.36. The summed E-state index contributed by atoms with van der Waals surface area (Å²) in [5.41, 5.74) is 6.64. The van der Waals surface area contributed by atoms with Gasteiger partial charge in [0.25, 0.3) is 0 Å². The Morgan fingerprint density at radius 3 is 2.64 bits per heavy atom. The molecular formula is C21H16BrFN2O3. The molecule has 142 valence electrons. The van der Waals surface area contributed by atoms with Gasteiger partial charge in [0.2, 0.25) is 5.88 Å². The summed E-state index contributed by atoms with van der Waals surface area (Å²) in [6, 6.07) is 15.2. The van der Waals surface area contributed by atoms with Crippen molar-refractivity contribution in [3.8, 4) is 6.07 Å². The molecule has 2 aromatic carbocycles. The van der Waals surface area contributed by atoms with Gasteiger partial charge in [0, 0.05) is 15.6 Å². The molecule has 0 saturated carbocycles. The highest BCUT2D eigenvalue weighted by molar-refractivity contribution is 9.10. The highest BCUT2D eigenvalue weighted by Gasteiger charge is 2.39. The summed E-state index contributed by atoms with van der Waals surface area (Å²) in [5.74, 6) is -2.38. The predicted molar refractivity (Wildman–Crippen MR) is 105 cm³/mol. The Morgan fingerprint density at radius 1 is 1.32 bits per heavy atom. The van der Waals surface area contributed by atoms with Crippen LogP contribution in [0.3, 0.4) is 0 Å². The van der Waals surface area contributed by atoms with Crippen LogP contribution in [0.15, 0.2) is 70.0 Å². The van der Waals surface area contributed by atoms with Gasteiger partial charge < -0.3 is 15.2 Å². The number of ether oxygens (including phenoxy) is 2. The van der Waals surface area contributed by atoms with Crippen molar-refractivity contribution >= 4 is 27.7 Å². The highest BCUT2D eigenvalue weighted by Crippen LogP contribution is 2.43. The zero-order valence-corrected chi connectivity index (χ0v) is 16.5. The lowest BCUT2D eigenvalue weighted by Crippen LogP contribution is -2.26. The van der Waals surface area contributed by atoms with E-state index in [0.29, 0.717) is 10.0 Å². The van der Waals surface area contributed by atoms with Crippen LogP contribution in [-0.4, -0.2) is 12.6 Å². The molecule has 1 aliphatic heterocycles. The summed E-state index contributed by atoms with van der Waals surface area (Å²) in [7, 11) is 0. The van der Waals surface area contributed by atoms with E-state index in [0.717, 1.165) is 0 Å². The number of benzene rings is 2. The first-order valence-electron chi connectivity index (χ1n) is 8.47. The van der Waals surface area contributed by atoms with Crippen molar-refractivity contribution in [2.24, 2.45) is 5.73 Å². The Bertz CT molecular complexity index is 1030. The van der Waals surface area contributed by atoms with E-state index in [2.05, 4.69) is 15.9 Å². The van der Waals surface area contributed by atoms with E-state index in [1.54, 1.807) is 37.3 Å². The van der Waals surface area contributed by atoms with E-state index in [1.165, 1.54) is 12.1 Å². The van der Waals surface area contributed by atoms with Gasteiger partial charge in [0.05, 0.1) is 18.1 Å². The van der Waals surface area contributed by atoms with Gasteiger partial charge in [0.1, 0.15) is 23.2 Å². The minimum atomic E-state index is -1.05. The smallest absolute Gasteiger partial charge is 0.338 e. The summed E-state index contributed by atoms with van der Waals surface area (Å²) >= 11 is 3.21. The quantitative estimate of drug-likeness (QED) is 0.710. The van der Waals surface area contributed by atoms with Crippen LogP contribution in [0, 0.1) is 17.1 Å². The first-order valence-corrected chi connectivity index (χ1v) is 9.26. The van der Waals surface area contributed by atoms with Crippen molar-refractivity contribution in [3.63, 3.8) is 0 Å². The summed E-state index contributed by atoms with van der Waals surface area (Å²) in [6.07, 6.45) is 0. The third-order valence-corrected chi connectivity index (χ3v) is 4.72. The molecule has 2 N–H and O–H groups in total. The van der Waals surface area contributed by atoms with Crippen LogP contribution in [-0.2, 0) is 14.3 Å². The van der Waals surface area contributed by atoms with Crippen LogP contribution >= 0.6 is 15.9 Å². The van der Waals surface area contributed by atoms with Gasteiger partial charge in [-0.1, -0.05) is 52.3 Å². The summed E-state index contributed by atoms with van der Waals surface area (Å²) < 4.78 is 26.2. The van der Waals surface area contributed by atoms with Gasteiger partial charge in [-0.3, -0.25) is 0 Å². The van der Waals surface area contributed by atoms with Crippen LogP contribution in [0.4, 0.5) is 4.39 Å². The van der Waals surface area contributed by atoms with Crippen molar-refractivity contribution in [2.75, 3.05) is 6.61 Å². The van der Waals surface area contributed by atoms with Crippen molar-refractivity contribution in [2.45, 2.75) is 12.8 Å². The van der Waals surface area contributed by atoms with E-state index in [-0.39, 0.29) is 35.0 Å². The lowest BCUT2D eigenvalue weighted by Gasteiger charge is -2.28. The topological polar surface area (TPSA) is 85.3 Å². The fourth-order valence-electron chi connectivity index (χ4n) is 3.03. The summed E-state index contributed by atoms with van der Waals surface area (Å²) in [6.45, 7) is 1.77. The number of carbonyl (C=O) groups excluding carboxylic acids is 1. The Kier molecular flexibility index (Phi) is 5.81. The molecule has 7 heteroatoms. The zero-order chi connectivity index (χ0) is 20.3. The molecule has 1 heterocycles. The molecule has 0 amide bonds. The maximum Gasteiger partial charge on any atom is 0.338 e. The minimum Gasteiger partial charge on any atom is -0.463 e. The number of allylic oxidation sites excluding steroid dienone is 1. The number of carbonyl (C=O) groups is 1. The molecule has 0 spiro atoms. The van der Waals surface area contributed by atoms with Crippen LogP contribution in [0.2, 0.25) is 0 Å². The van der Waals surface area contributed by atoms with Crippen molar-refractivity contribution in [1.29, 1.82) is 5.26 Å². The monoisotopic (exact) mass is 442 g/mol. The number of esters is 1. The third-order valence-electron chi connectivity index (χ3n) is 4.22. The average Bonchev–Trinajstić information content (AvgIpc) is 2.68. The summed E-state index contributed by atoms with van der Waals surface area (Å²) in [5, 5.41) is 9.65. The normalized spacial score (nSPS) is 16.4. The van der Waals surface area contributed by atoms with Gasteiger partial charge in [0.15, 0.2) is 0 Å². The number of nitrogens with zero attached hydrogens (tertiary/aromatic N) is 1. The molecule has 2 aromatic rings. The molecule has 0 bridgehead atoms. The van der Waals surface area contributed by atoms with Crippen molar-refractivity contribution in [1.82, 2.24) is 0 Å². The highest BCUT2D eigenvalue weighted by atomic mass is 79.9. The Labute approximate surface area is 170 Å². The number of hydrogen-bond acceptors (Lipinski definition) is 5. The number of nitriles is 1. The molecule has 0 aromatic heterocycles. The van der Waals surface area contributed by atoms with Gasteiger partial charge >= 0.3 is 5.97 Å². The first-order chi connectivity index (χ1) is 13.5. The van der Waals surface area contributed by atoms with Crippen molar-refractivity contribution in [3.05, 3.63) is 87.0 Å². The molecule has 3 rings (SSSR count). The number of hydrogen-bond donors (Lipinski definition) is 1. The molecule has 28 heavy (non-hydrogen) atoms. The maximum absolute atomic E-state index is 14.8. The molecule has 0 unspecified atom stereocenters. The van der Waals surface area contributed by atoms with Crippen LogP contribution in [0.1, 0.15) is 24.0 Å². The lowest BCUT2D eigenvalue weighted by atomic mass is 9.81. The van der Waals surface area contributed by atoms with E-state index in [1.807, 2.05) is 12.1 Å². The SMILES string of the molecule is CCOC(=O)C1=C(c2ccccc2)OC(N)=C(C#N)[C@H]1c1ccc(Br)cc1F. The molecular weight excluding hydrogens is 427 g/mol. The number of rotatable bonds is 4. The second-order valence-corrected chi connectivity index (χ2v) is 6.84. The molecule has 1 atom stereocenters. The van der Waals surface area contributed by atoms with Crippen molar-refractivity contribution < 1.29 is 18.7 Å².